The maximum Gasteiger partial charge on any atom is 0.252 e. The van der Waals surface area contributed by atoms with Crippen LogP contribution in [0.4, 0.5) is 5.82 Å². The second-order valence-corrected chi connectivity index (χ2v) is 3.77. The molecule has 0 fully saturated rings. The van der Waals surface area contributed by atoms with E-state index in [0.717, 1.165) is 5.69 Å². The van der Waals surface area contributed by atoms with Crippen molar-refractivity contribution in [2.75, 3.05) is 5.32 Å². The topological polar surface area (TPSA) is 75.6 Å². The zero-order valence-corrected chi connectivity index (χ0v) is 9.90. The molecule has 2 rings (SSSR count). The van der Waals surface area contributed by atoms with Crippen molar-refractivity contribution in [1.82, 2.24) is 19.7 Å². The number of hydrogen-bond donors (Lipinski definition) is 2. The van der Waals surface area contributed by atoms with Crippen LogP contribution in [0.3, 0.4) is 0 Å². The van der Waals surface area contributed by atoms with Gasteiger partial charge in [-0.2, -0.15) is 5.10 Å². The first-order valence-electron chi connectivity index (χ1n) is 5.50. The fourth-order valence-electron chi connectivity index (χ4n) is 1.50. The van der Waals surface area contributed by atoms with Crippen molar-refractivity contribution in [3.8, 4) is 0 Å². The molecule has 2 aromatic rings. The van der Waals surface area contributed by atoms with E-state index in [2.05, 4.69) is 20.4 Å². The van der Waals surface area contributed by atoms with E-state index in [1.165, 1.54) is 6.07 Å². The minimum atomic E-state index is -0.139. The molecule has 0 aliphatic heterocycles. The van der Waals surface area contributed by atoms with Gasteiger partial charge in [-0.05, 0) is 6.07 Å². The quantitative estimate of drug-likeness (QED) is 0.814. The lowest BCUT2D eigenvalue weighted by Gasteiger charge is -2.04. The van der Waals surface area contributed by atoms with Gasteiger partial charge in [0.25, 0.3) is 5.56 Å². The van der Waals surface area contributed by atoms with Gasteiger partial charge >= 0.3 is 0 Å². The molecule has 0 aliphatic carbocycles. The Labute approximate surface area is 98.7 Å². The third kappa shape index (κ3) is 2.93. The summed E-state index contributed by atoms with van der Waals surface area (Å²) in [5, 5.41) is 7.31. The average molecular weight is 233 g/mol. The molecule has 2 aromatic heterocycles. The molecular weight excluding hydrogens is 218 g/mol. The maximum absolute atomic E-state index is 11.3. The van der Waals surface area contributed by atoms with E-state index >= 15 is 0 Å². The third-order valence-corrected chi connectivity index (χ3v) is 2.35. The first kappa shape index (κ1) is 11.4. The number of aromatic nitrogens is 4. The Morgan fingerprint density at radius 3 is 3.00 bits per heavy atom. The summed E-state index contributed by atoms with van der Waals surface area (Å²) >= 11 is 0. The molecule has 0 saturated heterocycles. The summed E-state index contributed by atoms with van der Waals surface area (Å²) in [6.07, 6.45) is 2.58. The highest BCUT2D eigenvalue weighted by Gasteiger charge is 2.01. The molecule has 0 aliphatic rings. The van der Waals surface area contributed by atoms with Crippen LogP contribution in [0.25, 0.3) is 0 Å². The van der Waals surface area contributed by atoms with Gasteiger partial charge in [-0.25, -0.2) is 4.98 Å². The van der Waals surface area contributed by atoms with Crippen LogP contribution in [0.5, 0.6) is 0 Å². The molecule has 6 nitrogen and oxygen atoms in total. The van der Waals surface area contributed by atoms with Crippen LogP contribution in [0.15, 0.2) is 23.1 Å². The van der Waals surface area contributed by atoms with Crippen molar-refractivity contribution in [3.05, 3.63) is 40.2 Å². The molecule has 0 bridgehead atoms. The van der Waals surface area contributed by atoms with E-state index in [0.29, 0.717) is 24.6 Å². The highest BCUT2D eigenvalue weighted by Crippen LogP contribution is 2.02. The van der Waals surface area contributed by atoms with E-state index in [4.69, 9.17) is 0 Å². The van der Waals surface area contributed by atoms with Gasteiger partial charge in [0.2, 0.25) is 0 Å². The number of aryl methyl sites for hydroxylation is 2. The highest BCUT2D eigenvalue weighted by molar-refractivity contribution is 5.33. The molecule has 2 heterocycles. The molecule has 0 radical (unpaired) electrons. The zero-order valence-electron chi connectivity index (χ0n) is 9.90. The van der Waals surface area contributed by atoms with Crippen molar-refractivity contribution in [2.45, 2.75) is 19.9 Å². The second kappa shape index (κ2) is 4.82. The smallest absolute Gasteiger partial charge is 0.252 e. The molecule has 0 aromatic carbocycles. The zero-order chi connectivity index (χ0) is 12.3. The highest BCUT2D eigenvalue weighted by atomic mass is 16.1. The van der Waals surface area contributed by atoms with Crippen molar-refractivity contribution in [1.29, 1.82) is 0 Å². The fourth-order valence-corrected chi connectivity index (χ4v) is 1.50. The molecule has 2 N–H and O–H groups in total. The molecule has 17 heavy (non-hydrogen) atoms. The van der Waals surface area contributed by atoms with Gasteiger partial charge in [0.15, 0.2) is 0 Å². The summed E-state index contributed by atoms with van der Waals surface area (Å²) in [5.74, 6) is 1.26. The van der Waals surface area contributed by atoms with Gasteiger partial charge in [0, 0.05) is 25.7 Å². The van der Waals surface area contributed by atoms with E-state index in [-0.39, 0.29) is 5.56 Å². The SMILES string of the molecule is CCc1nc(NCc2ccn(C)n2)cc(=O)[nH]1. The van der Waals surface area contributed by atoms with Crippen LogP contribution in [0.1, 0.15) is 18.4 Å². The molecule has 0 atom stereocenters. The summed E-state index contributed by atoms with van der Waals surface area (Å²) in [4.78, 5) is 18.3. The minimum Gasteiger partial charge on any atom is -0.364 e. The van der Waals surface area contributed by atoms with Crippen molar-refractivity contribution in [3.63, 3.8) is 0 Å². The number of H-pyrrole nitrogens is 1. The average Bonchev–Trinajstić information content (AvgIpc) is 2.72. The van der Waals surface area contributed by atoms with Gasteiger partial charge in [0.05, 0.1) is 12.2 Å². The van der Waals surface area contributed by atoms with Crippen molar-refractivity contribution < 1.29 is 0 Å². The minimum absolute atomic E-state index is 0.139. The summed E-state index contributed by atoms with van der Waals surface area (Å²) in [7, 11) is 1.87. The summed E-state index contributed by atoms with van der Waals surface area (Å²) in [6, 6.07) is 3.36. The number of nitrogens with zero attached hydrogens (tertiary/aromatic N) is 3. The van der Waals surface area contributed by atoms with Crippen LogP contribution in [0.2, 0.25) is 0 Å². The normalized spacial score (nSPS) is 10.5. The van der Waals surface area contributed by atoms with Gasteiger partial charge < -0.3 is 10.3 Å². The van der Waals surface area contributed by atoms with Gasteiger partial charge in [-0.3, -0.25) is 9.48 Å². The number of nitrogens with one attached hydrogen (secondary N) is 2. The van der Waals surface area contributed by atoms with E-state index in [9.17, 15) is 4.79 Å². The Morgan fingerprint density at radius 2 is 2.35 bits per heavy atom. The monoisotopic (exact) mass is 233 g/mol. The largest absolute Gasteiger partial charge is 0.364 e. The lowest BCUT2D eigenvalue weighted by Crippen LogP contribution is -2.13. The molecule has 0 saturated carbocycles. The Hall–Kier alpha value is -2.11. The summed E-state index contributed by atoms with van der Waals surface area (Å²) < 4.78 is 1.74. The third-order valence-electron chi connectivity index (χ3n) is 2.35. The Kier molecular flexibility index (Phi) is 3.22. The molecule has 90 valence electrons. The number of rotatable bonds is 4. The van der Waals surface area contributed by atoms with Gasteiger partial charge in [-0.15, -0.1) is 0 Å². The maximum atomic E-state index is 11.3. The van der Waals surface area contributed by atoms with Gasteiger partial charge in [0.1, 0.15) is 11.6 Å². The van der Waals surface area contributed by atoms with Crippen LogP contribution in [0, 0.1) is 0 Å². The predicted molar refractivity (Wildman–Crippen MR) is 64.8 cm³/mol. The van der Waals surface area contributed by atoms with E-state index < -0.39 is 0 Å². The molecular formula is C11H15N5O. The Morgan fingerprint density at radius 1 is 1.53 bits per heavy atom. The Bertz CT molecular complexity index is 557. The summed E-state index contributed by atoms with van der Waals surface area (Å²) in [5.41, 5.74) is 0.771. The Balaban J connectivity index is 2.08. The predicted octanol–water partition coefficient (Wildman–Crippen LogP) is 0.678. The first-order valence-corrected chi connectivity index (χ1v) is 5.50. The van der Waals surface area contributed by atoms with Crippen molar-refractivity contribution >= 4 is 5.82 Å². The lowest BCUT2D eigenvalue weighted by atomic mass is 10.4. The van der Waals surface area contributed by atoms with Crippen LogP contribution < -0.4 is 10.9 Å². The molecule has 0 spiro atoms. The van der Waals surface area contributed by atoms with Crippen LogP contribution in [-0.4, -0.2) is 19.7 Å². The fraction of sp³-hybridized carbons (Fsp3) is 0.364. The standard InChI is InChI=1S/C11H15N5O/c1-3-9-13-10(6-11(17)14-9)12-7-8-4-5-16(2)15-8/h4-6H,3,7H2,1-2H3,(H2,12,13,14,17). The molecule has 6 heteroatoms. The van der Waals surface area contributed by atoms with Crippen molar-refractivity contribution in [2.24, 2.45) is 7.05 Å². The first-order chi connectivity index (χ1) is 8.17. The van der Waals surface area contributed by atoms with Crippen LogP contribution >= 0.6 is 0 Å². The molecule has 0 amide bonds. The number of aromatic amines is 1. The van der Waals surface area contributed by atoms with E-state index in [1.807, 2.05) is 26.2 Å². The van der Waals surface area contributed by atoms with E-state index in [1.54, 1.807) is 4.68 Å². The second-order valence-electron chi connectivity index (χ2n) is 3.77. The van der Waals surface area contributed by atoms with Crippen LogP contribution in [-0.2, 0) is 20.0 Å². The number of anilines is 1. The lowest BCUT2D eigenvalue weighted by molar-refractivity contribution is 0.746. The summed E-state index contributed by atoms with van der Waals surface area (Å²) in [6.45, 7) is 2.50. The number of hydrogen-bond acceptors (Lipinski definition) is 4. The van der Waals surface area contributed by atoms with Gasteiger partial charge in [-0.1, -0.05) is 6.92 Å². The molecule has 0 unspecified atom stereocenters.